The lowest BCUT2D eigenvalue weighted by molar-refractivity contribution is -0.116. The van der Waals surface area contributed by atoms with Gasteiger partial charge in [0.2, 0.25) is 15.9 Å². The molecule has 168 valence electrons. The summed E-state index contributed by atoms with van der Waals surface area (Å²) in [6.45, 7) is 4.39. The van der Waals surface area contributed by atoms with Crippen LogP contribution in [0.25, 0.3) is 0 Å². The molecule has 8 nitrogen and oxygen atoms in total. The average Bonchev–Trinajstić information content (AvgIpc) is 2.72. The molecule has 0 saturated heterocycles. The highest BCUT2D eigenvalue weighted by Crippen LogP contribution is 2.30. The summed E-state index contributed by atoms with van der Waals surface area (Å²) in [6, 6.07) is 13.3. The van der Waals surface area contributed by atoms with Crippen LogP contribution in [-0.4, -0.2) is 46.3 Å². The van der Waals surface area contributed by atoms with Crippen molar-refractivity contribution < 1.29 is 27.5 Å². The van der Waals surface area contributed by atoms with Gasteiger partial charge in [0.05, 0.1) is 30.7 Å². The van der Waals surface area contributed by atoms with Crippen molar-refractivity contribution in [2.75, 3.05) is 35.6 Å². The zero-order valence-electron chi connectivity index (χ0n) is 18.0. The zero-order valence-corrected chi connectivity index (χ0v) is 18.8. The Morgan fingerprint density at radius 2 is 1.68 bits per heavy atom. The second-order valence-electron chi connectivity index (χ2n) is 6.69. The predicted octanol–water partition coefficient (Wildman–Crippen LogP) is 3.45. The summed E-state index contributed by atoms with van der Waals surface area (Å²) in [5.41, 5.74) is 1.39. The first kappa shape index (κ1) is 24.2. The van der Waals surface area contributed by atoms with Crippen molar-refractivity contribution >= 4 is 33.3 Å². The van der Waals surface area contributed by atoms with Gasteiger partial charge in [0.25, 0.3) is 0 Å². The molecule has 0 aliphatic rings. The number of ether oxygens (including phenoxy) is 2. The minimum absolute atomic E-state index is 0.127. The Kier molecular flexibility index (Phi) is 8.87. The normalized spacial score (nSPS) is 10.9. The molecule has 9 heteroatoms. The lowest BCUT2D eigenvalue weighted by Gasteiger charge is -2.24. The van der Waals surface area contributed by atoms with Gasteiger partial charge in [-0.05, 0) is 56.7 Å². The van der Waals surface area contributed by atoms with E-state index in [1.807, 2.05) is 6.92 Å². The summed E-state index contributed by atoms with van der Waals surface area (Å²) in [4.78, 5) is 23.9. The van der Waals surface area contributed by atoms with E-state index in [1.54, 1.807) is 55.5 Å². The minimum Gasteiger partial charge on any atom is -0.492 e. The molecule has 0 unspecified atom stereocenters. The number of nitrogens with zero attached hydrogens (tertiary/aromatic N) is 1. The van der Waals surface area contributed by atoms with Gasteiger partial charge in [-0.1, -0.05) is 12.1 Å². The molecule has 0 saturated carbocycles. The Hall–Kier alpha value is -3.07. The topological polar surface area (TPSA) is 102 Å². The largest absolute Gasteiger partial charge is 0.492 e. The molecule has 0 spiro atoms. The molecule has 0 atom stereocenters. The number of anilines is 2. The van der Waals surface area contributed by atoms with Crippen molar-refractivity contribution in [1.29, 1.82) is 0 Å². The van der Waals surface area contributed by atoms with E-state index in [1.165, 1.54) is 4.31 Å². The van der Waals surface area contributed by atoms with Crippen LogP contribution in [0.4, 0.5) is 11.4 Å². The highest BCUT2D eigenvalue weighted by atomic mass is 32.2. The SMILES string of the molecule is CCOC(=O)c1ccc(NC(=O)CCCN(c2ccccc2OCC)S(C)(=O)=O)cc1. The number of para-hydroxylation sites is 2. The Labute approximate surface area is 183 Å². The number of rotatable bonds is 11. The monoisotopic (exact) mass is 448 g/mol. The van der Waals surface area contributed by atoms with E-state index in [0.717, 1.165) is 6.26 Å². The van der Waals surface area contributed by atoms with Crippen LogP contribution in [0.2, 0.25) is 0 Å². The molecule has 0 heterocycles. The number of sulfonamides is 1. The van der Waals surface area contributed by atoms with E-state index in [2.05, 4.69) is 5.32 Å². The van der Waals surface area contributed by atoms with E-state index in [9.17, 15) is 18.0 Å². The number of carbonyl (C=O) groups is 2. The van der Waals surface area contributed by atoms with Gasteiger partial charge < -0.3 is 14.8 Å². The van der Waals surface area contributed by atoms with E-state index >= 15 is 0 Å². The second-order valence-corrected chi connectivity index (χ2v) is 8.59. The van der Waals surface area contributed by atoms with E-state index in [-0.39, 0.29) is 25.5 Å². The van der Waals surface area contributed by atoms with Crippen molar-refractivity contribution in [3.05, 3.63) is 54.1 Å². The first-order valence-electron chi connectivity index (χ1n) is 10.0. The maximum atomic E-state index is 12.3. The highest BCUT2D eigenvalue weighted by Gasteiger charge is 2.21. The van der Waals surface area contributed by atoms with Crippen LogP contribution in [0.15, 0.2) is 48.5 Å². The first-order valence-corrected chi connectivity index (χ1v) is 11.9. The molecule has 0 bridgehead atoms. The molecule has 1 N–H and O–H groups in total. The van der Waals surface area contributed by atoms with E-state index < -0.39 is 16.0 Å². The smallest absolute Gasteiger partial charge is 0.338 e. The Morgan fingerprint density at radius 1 is 1.00 bits per heavy atom. The molecule has 1 amide bonds. The van der Waals surface area contributed by atoms with Crippen molar-refractivity contribution in [1.82, 2.24) is 0 Å². The maximum absolute atomic E-state index is 12.3. The molecule has 0 aliphatic carbocycles. The second kappa shape index (κ2) is 11.4. The summed E-state index contributed by atoms with van der Waals surface area (Å²) >= 11 is 0. The van der Waals surface area contributed by atoms with E-state index in [0.29, 0.717) is 35.7 Å². The van der Waals surface area contributed by atoms with Gasteiger partial charge in [-0.2, -0.15) is 0 Å². The molecule has 2 aromatic rings. The average molecular weight is 449 g/mol. The standard InChI is InChI=1S/C22H28N2O6S/c1-4-29-20-10-7-6-9-19(20)24(31(3,27)28)16-8-11-21(25)23-18-14-12-17(13-15-18)22(26)30-5-2/h6-7,9-10,12-15H,4-5,8,11,16H2,1-3H3,(H,23,25). The molecule has 0 aromatic heterocycles. The Balaban J connectivity index is 1.97. The van der Waals surface area contributed by atoms with Gasteiger partial charge >= 0.3 is 5.97 Å². The molecule has 0 fully saturated rings. The molecule has 2 rings (SSSR count). The number of hydrogen-bond donors (Lipinski definition) is 1. The molecular formula is C22H28N2O6S. The Bertz CT molecular complexity index is 989. The number of hydrogen-bond acceptors (Lipinski definition) is 6. The summed E-state index contributed by atoms with van der Waals surface area (Å²) in [6.07, 6.45) is 1.57. The van der Waals surface area contributed by atoms with Gasteiger partial charge in [-0.25, -0.2) is 13.2 Å². The van der Waals surface area contributed by atoms with E-state index in [4.69, 9.17) is 9.47 Å². The summed E-state index contributed by atoms with van der Waals surface area (Å²) in [5.74, 6) is -0.203. The molecule has 31 heavy (non-hydrogen) atoms. The number of esters is 1. The number of amides is 1. The van der Waals surface area contributed by atoms with Gasteiger partial charge in [-0.15, -0.1) is 0 Å². The summed E-state index contributed by atoms with van der Waals surface area (Å²) < 4.78 is 36.4. The molecule has 2 aromatic carbocycles. The summed E-state index contributed by atoms with van der Waals surface area (Å²) in [7, 11) is -3.56. The minimum atomic E-state index is -3.56. The van der Waals surface area contributed by atoms with Gasteiger partial charge in [-0.3, -0.25) is 9.10 Å². The van der Waals surface area contributed by atoms with Crippen molar-refractivity contribution in [2.45, 2.75) is 26.7 Å². The Morgan fingerprint density at radius 3 is 2.29 bits per heavy atom. The number of carbonyl (C=O) groups excluding carboxylic acids is 2. The molecular weight excluding hydrogens is 420 g/mol. The van der Waals surface area contributed by atoms with Crippen LogP contribution < -0.4 is 14.4 Å². The van der Waals surface area contributed by atoms with Gasteiger partial charge in [0, 0.05) is 18.7 Å². The van der Waals surface area contributed by atoms with Crippen LogP contribution in [0.1, 0.15) is 37.0 Å². The van der Waals surface area contributed by atoms with Gasteiger partial charge in [0.1, 0.15) is 5.75 Å². The van der Waals surface area contributed by atoms with Crippen molar-refractivity contribution in [3.63, 3.8) is 0 Å². The molecule has 0 aliphatic heterocycles. The number of benzene rings is 2. The van der Waals surface area contributed by atoms with Crippen LogP contribution in [-0.2, 0) is 19.6 Å². The third-order valence-corrected chi connectivity index (χ3v) is 5.46. The lowest BCUT2D eigenvalue weighted by Crippen LogP contribution is -2.31. The fourth-order valence-electron chi connectivity index (χ4n) is 2.92. The van der Waals surface area contributed by atoms with Crippen LogP contribution in [0.5, 0.6) is 5.75 Å². The predicted molar refractivity (Wildman–Crippen MR) is 120 cm³/mol. The van der Waals surface area contributed by atoms with Crippen LogP contribution in [0.3, 0.4) is 0 Å². The van der Waals surface area contributed by atoms with Crippen LogP contribution >= 0.6 is 0 Å². The highest BCUT2D eigenvalue weighted by molar-refractivity contribution is 7.92. The van der Waals surface area contributed by atoms with Gasteiger partial charge in [0.15, 0.2) is 0 Å². The quantitative estimate of drug-likeness (QED) is 0.528. The number of nitrogens with one attached hydrogen (secondary N) is 1. The maximum Gasteiger partial charge on any atom is 0.338 e. The molecule has 0 radical (unpaired) electrons. The fourth-order valence-corrected chi connectivity index (χ4v) is 3.89. The van der Waals surface area contributed by atoms with Crippen LogP contribution in [0, 0.1) is 0 Å². The van der Waals surface area contributed by atoms with Crippen molar-refractivity contribution in [3.8, 4) is 5.75 Å². The first-order chi connectivity index (χ1) is 14.8. The summed E-state index contributed by atoms with van der Waals surface area (Å²) in [5, 5.41) is 2.74. The third kappa shape index (κ3) is 7.29. The van der Waals surface area contributed by atoms with Crippen molar-refractivity contribution in [2.24, 2.45) is 0 Å². The lowest BCUT2D eigenvalue weighted by atomic mass is 10.2. The zero-order chi connectivity index (χ0) is 22.9. The third-order valence-electron chi connectivity index (χ3n) is 4.28. The fraction of sp³-hybridized carbons (Fsp3) is 0.364.